The molecule has 0 atom stereocenters. The molecule has 7 nitrogen and oxygen atoms in total. The van der Waals surface area contributed by atoms with E-state index in [0.717, 1.165) is 17.5 Å². The minimum atomic E-state index is -3.73. The summed E-state index contributed by atoms with van der Waals surface area (Å²) in [6.45, 7) is 10.5. The minimum absolute atomic E-state index is 0.130. The van der Waals surface area contributed by atoms with Crippen LogP contribution in [0, 0.1) is 20.8 Å². The molecule has 0 fully saturated rings. The maximum Gasteiger partial charge on any atom is 0.261 e. The van der Waals surface area contributed by atoms with Crippen LogP contribution >= 0.6 is 0 Å². The Morgan fingerprint density at radius 2 is 1.74 bits per heavy atom. The van der Waals surface area contributed by atoms with E-state index in [0.29, 0.717) is 30.2 Å². The third kappa shape index (κ3) is 7.88. The quantitative estimate of drug-likeness (QED) is 0.511. The maximum absolute atomic E-state index is 12.7. The normalized spacial score (nSPS) is 11.4. The van der Waals surface area contributed by atoms with E-state index in [-0.39, 0.29) is 23.5 Å². The number of hydrogen-bond acceptors (Lipinski definition) is 5. The van der Waals surface area contributed by atoms with E-state index < -0.39 is 10.0 Å². The Morgan fingerprint density at radius 3 is 2.39 bits per heavy atom. The van der Waals surface area contributed by atoms with Crippen molar-refractivity contribution in [3.05, 3.63) is 53.1 Å². The molecule has 0 spiro atoms. The molecule has 31 heavy (non-hydrogen) atoms. The average molecular weight is 449 g/mol. The van der Waals surface area contributed by atoms with E-state index in [2.05, 4.69) is 10.0 Å². The number of benzene rings is 2. The molecule has 170 valence electrons. The second kappa shape index (κ2) is 11.2. The van der Waals surface area contributed by atoms with Gasteiger partial charge in [0.15, 0.2) is 6.61 Å². The van der Waals surface area contributed by atoms with Crippen LogP contribution in [0.5, 0.6) is 5.75 Å². The number of aryl methyl sites for hydroxylation is 3. The summed E-state index contributed by atoms with van der Waals surface area (Å²) >= 11 is 0. The summed E-state index contributed by atoms with van der Waals surface area (Å²) in [7, 11) is -3.73. The fraction of sp³-hybridized carbons (Fsp3) is 0.435. The van der Waals surface area contributed by atoms with Crippen molar-refractivity contribution < 1.29 is 22.7 Å². The highest BCUT2D eigenvalue weighted by molar-refractivity contribution is 7.92. The van der Waals surface area contributed by atoms with Crippen molar-refractivity contribution in [1.82, 2.24) is 5.32 Å². The number of ether oxygens (including phenoxy) is 2. The molecule has 0 aliphatic heterocycles. The van der Waals surface area contributed by atoms with Crippen molar-refractivity contribution >= 4 is 21.6 Å². The number of carbonyl (C=O) groups excluding carboxylic acids is 1. The number of amides is 1. The van der Waals surface area contributed by atoms with Crippen LogP contribution in [0.3, 0.4) is 0 Å². The number of nitrogens with one attached hydrogen (secondary N) is 2. The van der Waals surface area contributed by atoms with Gasteiger partial charge in [0.2, 0.25) is 0 Å². The first-order valence-electron chi connectivity index (χ1n) is 10.3. The largest absolute Gasteiger partial charge is 0.484 e. The summed E-state index contributed by atoms with van der Waals surface area (Å²) < 4.78 is 39.0. The zero-order chi connectivity index (χ0) is 23.0. The van der Waals surface area contributed by atoms with Gasteiger partial charge in [-0.05, 0) is 88.1 Å². The van der Waals surface area contributed by atoms with E-state index in [1.54, 1.807) is 25.1 Å². The van der Waals surface area contributed by atoms with Gasteiger partial charge in [0, 0.05) is 18.8 Å². The van der Waals surface area contributed by atoms with Crippen molar-refractivity contribution in [2.24, 2.45) is 0 Å². The molecule has 0 bridgehead atoms. The lowest BCUT2D eigenvalue weighted by molar-refractivity contribution is -0.123. The monoisotopic (exact) mass is 448 g/mol. The van der Waals surface area contributed by atoms with Gasteiger partial charge in [0.25, 0.3) is 15.9 Å². The number of anilines is 1. The van der Waals surface area contributed by atoms with Crippen LogP contribution in [0.1, 0.15) is 37.0 Å². The van der Waals surface area contributed by atoms with Crippen molar-refractivity contribution in [2.75, 3.05) is 24.5 Å². The summed E-state index contributed by atoms with van der Waals surface area (Å²) in [5.74, 6) is 0.223. The predicted octanol–water partition coefficient (Wildman–Crippen LogP) is 3.72. The molecule has 8 heteroatoms. The molecule has 0 aliphatic carbocycles. The summed E-state index contributed by atoms with van der Waals surface area (Å²) in [6, 6.07) is 9.96. The third-order valence-corrected chi connectivity index (χ3v) is 6.05. The Balaban J connectivity index is 1.91. The van der Waals surface area contributed by atoms with Gasteiger partial charge in [-0.2, -0.15) is 0 Å². The Labute approximate surface area is 185 Å². The molecule has 0 unspecified atom stereocenters. The Bertz CT molecular complexity index is 1000. The fourth-order valence-electron chi connectivity index (χ4n) is 2.78. The van der Waals surface area contributed by atoms with Crippen LogP contribution in [0.4, 0.5) is 5.69 Å². The van der Waals surface area contributed by atoms with Gasteiger partial charge in [0.1, 0.15) is 5.75 Å². The summed E-state index contributed by atoms with van der Waals surface area (Å²) in [5, 5.41) is 2.77. The summed E-state index contributed by atoms with van der Waals surface area (Å²) in [4.78, 5) is 12.1. The van der Waals surface area contributed by atoms with Gasteiger partial charge in [-0.25, -0.2) is 8.42 Å². The first-order chi connectivity index (χ1) is 14.6. The first kappa shape index (κ1) is 24.7. The Kier molecular flexibility index (Phi) is 8.88. The molecule has 0 saturated carbocycles. The number of rotatable bonds is 11. The van der Waals surface area contributed by atoms with E-state index in [9.17, 15) is 13.2 Å². The van der Waals surface area contributed by atoms with Crippen molar-refractivity contribution in [2.45, 2.75) is 52.0 Å². The van der Waals surface area contributed by atoms with Crippen LogP contribution in [0.2, 0.25) is 0 Å². The van der Waals surface area contributed by atoms with Crippen molar-refractivity contribution in [3.63, 3.8) is 0 Å². The lowest BCUT2D eigenvalue weighted by Gasteiger charge is -2.13. The van der Waals surface area contributed by atoms with Gasteiger partial charge in [-0.3, -0.25) is 9.52 Å². The van der Waals surface area contributed by atoms with Crippen LogP contribution in [0.15, 0.2) is 41.3 Å². The average Bonchev–Trinajstić information content (AvgIpc) is 2.69. The highest BCUT2D eigenvalue weighted by atomic mass is 32.2. The van der Waals surface area contributed by atoms with Crippen molar-refractivity contribution in [3.8, 4) is 5.75 Å². The molecule has 2 N–H and O–H groups in total. The molecule has 0 radical (unpaired) electrons. The Hall–Kier alpha value is -2.58. The second-order valence-electron chi connectivity index (χ2n) is 7.74. The molecule has 0 aromatic heterocycles. The molecule has 2 aromatic rings. The minimum Gasteiger partial charge on any atom is -0.484 e. The van der Waals surface area contributed by atoms with Crippen LogP contribution in [0.25, 0.3) is 0 Å². The summed E-state index contributed by atoms with van der Waals surface area (Å²) in [5.41, 5.74) is 3.23. The standard InChI is InChI=1S/C23H32N2O5S/c1-16(2)29-12-6-11-24-23(26)15-30-22-10-9-21(14-19(22)5)31(27,28)25-20-8-7-17(3)18(4)13-20/h7-10,13-14,16,25H,6,11-12,15H2,1-5H3,(H,24,26). The SMILES string of the molecule is Cc1ccc(NS(=O)(=O)c2ccc(OCC(=O)NCCCOC(C)C)c(C)c2)cc1C. The topological polar surface area (TPSA) is 93.7 Å². The predicted molar refractivity (Wildman–Crippen MR) is 122 cm³/mol. The zero-order valence-corrected chi connectivity index (χ0v) is 19.6. The van der Waals surface area contributed by atoms with Gasteiger partial charge < -0.3 is 14.8 Å². The molecular formula is C23H32N2O5S. The smallest absolute Gasteiger partial charge is 0.261 e. The van der Waals surface area contributed by atoms with Crippen LogP contribution in [-0.2, 0) is 19.6 Å². The lowest BCUT2D eigenvalue weighted by Crippen LogP contribution is -2.30. The van der Waals surface area contributed by atoms with Gasteiger partial charge in [-0.1, -0.05) is 6.07 Å². The van der Waals surface area contributed by atoms with E-state index in [4.69, 9.17) is 9.47 Å². The van der Waals surface area contributed by atoms with Crippen LogP contribution in [-0.4, -0.2) is 40.2 Å². The van der Waals surface area contributed by atoms with E-state index >= 15 is 0 Å². The summed E-state index contributed by atoms with van der Waals surface area (Å²) in [6.07, 6.45) is 0.897. The van der Waals surface area contributed by atoms with Gasteiger partial charge >= 0.3 is 0 Å². The highest BCUT2D eigenvalue weighted by Crippen LogP contribution is 2.24. The zero-order valence-electron chi connectivity index (χ0n) is 18.8. The number of carbonyl (C=O) groups is 1. The molecule has 1 amide bonds. The van der Waals surface area contributed by atoms with E-state index in [1.807, 2.05) is 33.8 Å². The van der Waals surface area contributed by atoms with Crippen molar-refractivity contribution in [1.29, 1.82) is 0 Å². The Morgan fingerprint density at radius 1 is 1.00 bits per heavy atom. The third-order valence-electron chi connectivity index (χ3n) is 4.67. The maximum atomic E-state index is 12.7. The van der Waals surface area contributed by atoms with E-state index in [1.165, 1.54) is 12.1 Å². The highest BCUT2D eigenvalue weighted by Gasteiger charge is 2.16. The number of sulfonamides is 1. The fourth-order valence-corrected chi connectivity index (χ4v) is 3.92. The second-order valence-corrected chi connectivity index (χ2v) is 9.43. The lowest BCUT2D eigenvalue weighted by atomic mass is 10.1. The first-order valence-corrected chi connectivity index (χ1v) is 11.8. The molecule has 0 aliphatic rings. The number of hydrogen-bond donors (Lipinski definition) is 2. The molecule has 2 aromatic carbocycles. The molecule has 0 heterocycles. The van der Waals surface area contributed by atoms with Crippen LogP contribution < -0.4 is 14.8 Å². The molecule has 0 saturated heterocycles. The van der Waals surface area contributed by atoms with Gasteiger partial charge in [-0.15, -0.1) is 0 Å². The molecule has 2 rings (SSSR count). The molecular weight excluding hydrogens is 416 g/mol. The van der Waals surface area contributed by atoms with Gasteiger partial charge in [0.05, 0.1) is 11.0 Å².